The minimum absolute atomic E-state index is 0.0610. The van der Waals surface area contributed by atoms with Crippen molar-refractivity contribution >= 4 is 17.3 Å². The first-order chi connectivity index (χ1) is 12.9. The van der Waals surface area contributed by atoms with Crippen molar-refractivity contribution in [2.24, 2.45) is 5.10 Å². The second-order valence-electron chi connectivity index (χ2n) is 7.69. The van der Waals surface area contributed by atoms with Crippen LogP contribution in [0.5, 0.6) is 11.5 Å². The van der Waals surface area contributed by atoms with Crippen LogP contribution in [0.25, 0.3) is 0 Å². The first-order valence-electron chi connectivity index (χ1n) is 8.99. The molecule has 0 fully saturated rings. The second kappa shape index (κ2) is 6.30. The molecule has 0 spiro atoms. The molecule has 140 valence electrons. The number of hydrazone groups is 1. The van der Waals surface area contributed by atoms with Gasteiger partial charge in [0.15, 0.2) is 29.3 Å². The summed E-state index contributed by atoms with van der Waals surface area (Å²) >= 11 is 0. The fraction of sp³-hybridized carbons (Fsp3) is 0.333. The minimum atomic E-state index is -0.310. The van der Waals surface area contributed by atoms with Crippen LogP contribution in [0.1, 0.15) is 39.4 Å². The molecule has 6 nitrogen and oxygen atoms in total. The summed E-state index contributed by atoms with van der Waals surface area (Å²) in [4.78, 5) is 14.5. The number of ether oxygens (including phenoxy) is 2. The van der Waals surface area contributed by atoms with Crippen LogP contribution >= 0.6 is 0 Å². The molecule has 2 aliphatic rings. The molecule has 0 saturated heterocycles. The number of amidine groups is 1. The van der Waals surface area contributed by atoms with E-state index in [-0.39, 0.29) is 24.3 Å². The van der Waals surface area contributed by atoms with Crippen molar-refractivity contribution < 1.29 is 14.3 Å². The van der Waals surface area contributed by atoms with Gasteiger partial charge in [-0.05, 0) is 45.0 Å². The van der Waals surface area contributed by atoms with E-state index in [1.807, 2.05) is 53.5 Å². The maximum Gasteiger partial charge on any atom is 0.231 e. The monoisotopic (exact) mass is 365 g/mol. The summed E-state index contributed by atoms with van der Waals surface area (Å²) in [5, 5.41) is 6.61. The van der Waals surface area contributed by atoms with Crippen LogP contribution in [0.3, 0.4) is 0 Å². The Bertz CT molecular complexity index is 903. The number of hydrogen-bond donors (Lipinski definition) is 0. The summed E-state index contributed by atoms with van der Waals surface area (Å²) in [6.45, 7) is 8.03. The maximum atomic E-state index is 12.4. The number of carbonyl (C=O) groups is 1. The van der Waals surface area contributed by atoms with Crippen molar-refractivity contribution in [3.8, 4) is 11.5 Å². The van der Waals surface area contributed by atoms with E-state index < -0.39 is 0 Å². The van der Waals surface area contributed by atoms with Crippen LogP contribution in [-0.2, 0) is 4.79 Å². The number of ketones is 1. The number of hydrogen-bond acceptors (Lipinski definition) is 6. The van der Waals surface area contributed by atoms with E-state index in [2.05, 4.69) is 25.7 Å². The molecule has 2 heterocycles. The Balaban J connectivity index is 1.86. The van der Waals surface area contributed by atoms with Crippen LogP contribution in [-0.4, -0.2) is 28.9 Å². The largest absolute Gasteiger partial charge is 0.454 e. The van der Waals surface area contributed by atoms with E-state index in [0.717, 1.165) is 17.0 Å². The molecule has 0 unspecified atom stereocenters. The van der Waals surface area contributed by atoms with Gasteiger partial charge in [0.2, 0.25) is 6.79 Å². The highest BCUT2D eigenvalue weighted by atomic mass is 16.7. The molecule has 0 aromatic heterocycles. The standard InChI is InChI=1S/C21H23N3O3/c1-14(25)19-22-24(16-8-6-5-7-9-16)20(23(19)21(2,3)4)15-10-11-17-18(12-15)27-13-26-17/h5-12,20H,13H2,1-4H3/t20-/m1/s1. The number of anilines is 1. The van der Waals surface area contributed by atoms with Gasteiger partial charge < -0.3 is 14.4 Å². The number of benzene rings is 2. The van der Waals surface area contributed by atoms with Crippen molar-refractivity contribution in [1.82, 2.24) is 4.90 Å². The molecule has 2 aliphatic heterocycles. The van der Waals surface area contributed by atoms with Gasteiger partial charge in [-0.3, -0.25) is 4.79 Å². The van der Waals surface area contributed by atoms with E-state index in [1.165, 1.54) is 0 Å². The van der Waals surface area contributed by atoms with Crippen LogP contribution in [0.15, 0.2) is 53.6 Å². The summed E-state index contributed by atoms with van der Waals surface area (Å²) in [5.74, 6) is 1.84. The summed E-state index contributed by atoms with van der Waals surface area (Å²) < 4.78 is 11.0. The number of Topliss-reactive ketones (excluding diaryl/α,β-unsaturated/α-hetero) is 1. The second-order valence-corrected chi connectivity index (χ2v) is 7.69. The van der Waals surface area contributed by atoms with Gasteiger partial charge in [0.05, 0.1) is 5.69 Å². The van der Waals surface area contributed by atoms with Crippen molar-refractivity contribution in [3.05, 3.63) is 54.1 Å². The zero-order valence-electron chi connectivity index (χ0n) is 16.0. The van der Waals surface area contributed by atoms with E-state index in [9.17, 15) is 4.79 Å². The first kappa shape index (κ1) is 17.4. The average molecular weight is 365 g/mol. The number of para-hydroxylation sites is 1. The third-order valence-corrected chi connectivity index (χ3v) is 4.66. The van der Waals surface area contributed by atoms with Gasteiger partial charge in [0.25, 0.3) is 0 Å². The molecule has 0 radical (unpaired) electrons. The lowest BCUT2D eigenvalue weighted by Crippen LogP contribution is -2.49. The fourth-order valence-corrected chi connectivity index (χ4v) is 3.50. The van der Waals surface area contributed by atoms with Gasteiger partial charge in [-0.15, -0.1) is 5.10 Å². The predicted molar refractivity (Wildman–Crippen MR) is 104 cm³/mol. The smallest absolute Gasteiger partial charge is 0.231 e. The minimum Gasteiger partial charge on any atom is -0.454 e. The number of rotatable bonds is 3. The van der Waals surface area contributed by atoms with Gasteiger partial charge in [0, 0.05) is 18.0 Å². The zero-order valence-corrected chi connectivity index (χ0v) is 16.0. The van der Waals surface area contributed by atoms with Gasteiger partial charge in [-0.25, -0.2) is 5.01 Å². The third kappa shape index (κ3) is 3.01. The molecule has 0 aliphatic carbocycles. The highest BCUT2D eigenvalue weighted by molar-refractivity contribution is 6.38. The van der Waals surface area contributed by atoms with Gasteiger partial charge in [0.1, 0.15) is 0 Å². The molecule has 0 bridgehead atoms. The Kier molecular flexibility index (Phi) is 4.06. The molecule has 0 amide bonds. The number of fused-ring (bicyclic) bond motifs is 1. The summed E-state index contributed by atoms with van der Waals surface area (Å²) in [6, 6.07) is 15.8. The fourth-order valence-electron chi connectivity index (χ4n) is 3.50. The number of carbonyl (C=O) groups excluding carboxylic acids is 1. The van der Waals surface area contributed by atoms with Crippen molar-refractivity contribution in [2.45, 2.75) is 39.4 Å². The van der Waals surface area contributed by atoms with Crippen molar-refractivity contribution in [3.63, 3.8) is 0 Å². The maximum absolute atomic E-state index is 12.4. The van der Waals surface area contributed by atoms with E-state index >= 15 is 0 Å². The summed E-state index contributed by atoms with van der Waals surface area (Å²) in [6.07, 6.45) is -0.263. The summed E-state index contributed by atoms with van der Waals surface area (Å²) in [7, 11) is 0. The Morgan fingerprint density at radius 3 is 2.44 bits per heavy atom. The van der Waals surface area contributed by atoms with E-state index in [0.29, 0.717) is 11.6 Å². The Morgan fingerprint density at radius 1 is 1.07 bits per heavy atom. The highest BCUT2D eigenvalue weighted by Crippen LogP contribution is 2.43. The predicted octanol–water partition coefficient (Wildman–Crippen LogP) is 3.94. The average Bonchev–Trinajstić information content (AvgIpc) is 3.26. The quantitative estimate of drug-likeness (QED) is 0.825. The van der Waals surface area contributed by atoms with Crippen LogP contribution in [0, 0.1) is 0 Å². The Morgan fingerprint density at radius 2 is 1.78 bits per heavy atom. The highest BCUT2D eigenvalue weighted by Gasteiger charge is 2.43. The molecular weight excluding hydrogens is 342 g/mol. The molecule has 2 aromatic rings. The third-order valence-electron chi connectivity index (χ3n) is 4.66. The lowest BCUT2D eigenvalue weighted by molar-refractivity contribution is -0.112. The molecule has 27 heavy (non-hydrogen) atoms. The van der Waals surface area contributed by atoms with Crippen LogP contribution in [0.2, 0.25) is 0 Å². The normalized spacial score (nSPS) is 18.7. The first-order valence-corrected chi connectivity index (χ1v) is 8.99. The Labute approximate surface area is 159 Å². The van der Waals surface area contributed by atoms with E-state index in [1.54, 1.807) is 6.92 Å². The lowest BCUT2D eigenvalue weighted by atomic mass is 10.0. The molecule has 1 atom stereocenters. The SMILES string of the molecule is CC(=O)C1=NN(c2ccccc2)[C@H](c2ccc3c(c2)OCO3)N1C(C)(C)C. The molecule has 0 N–H and O–H groups in total. The van der Waals surface area contributed by atoms with Gasteiger partial charge >= 0.3 is 0 Å². The van der Waals surface area contributed by atoms with Crippen LogP contribution < -0.4 is 14.5 Å². The molecule has 4 rings (SSSR count). The van der Waals surface area contributed by atoms with Crippen molar-refractivity contribution in [1.29, 1.82) is 0 Å². The molecule has 0 saturated carbocycles. The lowest BCUT2D eigenvalue weighted by Gasteiger charge is -2.40. The molecular formula is C21H23N3O3. The Hall–Kier alpha value is -3.02. The number of nitrogens with zero attached hydrogens (tertiary/aromatic N) is 3. The molecule has 2 aromatic carbocycles. The molecule has 6 heteroatoms. The van der Waals surface area contributed by atoms with E-state index in [4.69, 9.17) is 14.6 Å². The van der Waals surface area contributed by atoms with Gasteiger partial charge in [-0.1, -0.05) is 24.3 Å². The zero-order chi connectivity index (χ0) is 19.2. The van der Waals surface area contributed by atoms with Crippen LogP contribution in [0.4, 0.5) is 5.69 Å². The van der Waals surface area contributed by atoms with Gasteiger partial charge in [-0.2, -0.15) is 0 Å². The topological polar surface area (TPSA) is 54.4 Å². The summed E-state index contributed by atoms with van der Waals surface area (Å²) in [5.41, 5.74) is 1.60. The van der Waals surface area contributed by atoms with Crippen molar-refractivity contribution in [2.75, 3.05) is 11.8 Å².